The van der Waals surface area contributed by atoms with E-state index in [-0.39, 0.29) is 0 Å². The highest BCUT2D eigenvalue weighted by Crippen LogP contribution is 2.20. The Balaban J connectivity index is 1.65. The molecule has 3 rings (SSSR count). The normalized spacial score (nSPS) is 18.4. The Labute approximate surface area is 139 Å². The lowest BCUT2D eigenvalue weighted by atomic mass is 10.00. The number of likely N-dealkylation sites (tertiary alicyclic amines) is 1. The summed E-state index contributed by atoms with van der Waals surface area (Å²) in [5, 5.41) is 8.26. The summed E-state index contributed by atoms with van der Waals surface area (Å²) in [7, 11) is 0. The lowest BCUT2D eigenvalue weighted by Gasteiger charge is -2.36. The van der Waals surface area contributed by atoms with E-state index in [2.05, 4.69) is 59.5 Å². The van der Waals surface area contributed by atoms with Gasteiger partial charge in [-0.25, -0.2) is 0 Å². The number of aromatic nitrogens is 2. The minimum Gasteiger partial charge on any atom is -0.305 e. The summed E-state index contributed by atoms with van der Waals surface area (Å²) in [5.41, 5.74) is 1.34. The van der Waals surface area contributed by atoms with Crippen molar-refractivity contribution in [2.45, 2.75) is 51.4 Å². The summed E-state index contributed by atoms with van der Waals surface area (Å²) < 4.78 is 2.02. The van der Waals surface area contributed by atoms with Crippen molar-refractivity contribution in [3.05, 3.63) is 54.4 Å². The molecule has 1 aliphatic heterocycles. The van der Waals surface area contributed by atoms with Crippen molar-refractivity contribution in [1.82, 2.24) is 20.0 Å². The van der Waals surface area contributed by atoms with Gasteiger partial charge in [0.05, 0.1) is 12.6 Å². The predicted molar refractivity (Wildman–Crippen MR) is 94.3 cm³/mol. The monoisotopic (exact) mass is 312 g/mol. The van der Waals surface area contributed by atoms with Crippen LogP contribution >= 0.6 is 0 Å². The first-order valence-corrected chi connectivity index (χ1v) is 8.75. The zero-order valence-corrected chi connectivity index (χ0v) is 14.2. The molecule has 1 aromatic carbocycles. The third-order valence-corrected chi connectivity index (χ3v) is 4.83. The van der Waals surface area contributed by atoms with Gasteiger partial charge in [-0.1, -0.05) is 30.3 Å². The first-order chi connectivity index (χ1) is 11.2. The standard InChI is InChI=1S/C19H28N4/c1-16(2)22-13-9-18(10-14-22)21-19(15-23-12-6-11-20-23)17-7-4-3-5-8-17/h3-8,11-12,16,18-19,21H,9-10,13-15H2,1-2H3. The van der Waals surface area contributed by atoms with Gasteiger partial charge in [0.25, 0.3) is 0 Å². The third kappa shape index (κ3) is 4.43. The van der Waals surface area contributed by atoms with Crippen LogP contribution in [0.2, 0.25) is 0 Å². The predicted octanol–water partition coefficient (Wildman–Crippen LogP) is 3.09. The summed E-state index contributed by atoms with van der Waals surface area (Å²) in [5.74, 6) is 0. The molecule has 1 saturated heterocycles. The highest BCUT2D eigenvalue weighted by Gasteiger charge is 2.23. The molecule has 23 heavy (non-hydrogen) atoms. The maximum absolute atomic E-state index is 4.38. The zero-order chi connectivity index (χ0) is 16.1. The van der Waals surface area contributed by atoms with E-state index >= 15 is 0 Å². The average molecular weight is 312 g/mol. The van der Waals surface area contributed by atoms with E-state index in [1.54, 1.807) is 0 Å². The molecule has 0 spiro atoms. The highest BCUT2D eigenvalue weighted by molar-refractivity contribution is 5.19. The van der Waals surface area contributed by atoms with E-state index in [1.165, 1.54) is 31.5 Å². The number of hydrogen-bond acceptors (Lipinski definition) is 3. The minimum atomic E-state index is 0.312. The molecule has 4 nitrogen and oxygen atoms in total. The van der Waals surface area contributed by atoms with Crippen molar-refractivity contribution >= 4 is 0 Å². The molecule has 0 amide bonds. The fraction of sp³-hybridized carbons (Fsp3) is 0.526. The number of rotatable bonds is 6. The van der Waals surface area contributed by atoms with Gasteiger partial charge in [0.15, 0.2) is 0 Å². The van der Waals surface area contributed by atoms with Crippen molar-refractivity contribution in [2.24, 2.45) is 0 Å². The van der Waals surface area contributed by atoms with Crippen LogP contribution in [-0.2, 0) is 6.54 Å². The topological polar surface area (TPSA) is 33.1 Å². The second-order valence-corrected chi connectivity index (χ2v) is 6.76. The minimum absolute atomic E-state index is 0.312. The van der Waals surface area contributed by atoms with Gasteiger partial charge in [0, 0.05) is 24.5 Å². The summed E-state index contributed by atoms with van der Waals surface area (Å²) >= 11 is 0. The Morgan fingerprint density at radius 2 is 1.87 bits per heavy atom. The van der Waals surface area contributed by atoms with Crippen LogP contribution in [0.15, 0.2) is 48.8 Å². The van der Waals surface area contributed by atoms with Crippen LogP contribution < -0.4 is 5.32 Å². The van der Waals surface area contributed by atoms with E-state index in [4.69, 9.17) is 0 Å². The van der Waals surface area contributed by atoms with E-state index in [0.717, 1.165) is 6.54 Å². The fourth-order valence-corrected chi connectivity index (χ4v) is 3.40. The van der Waals surface area contributed by atoms with Gasteiger partial charge in [0.1, 0.15) is 0 Å². The maximum atomic E-state index is 4.38. The molecular weight excluding hydrogens is 284 g/mol. The first kappa shape index (κ1) is 16.2. The SMILES string of the molecule is CC(C)N1CCC(NC(Cn2cccn2)c2ccccc2)CC1. The second-order valence-electron chi connectivity index (χ2n) is 6.76. The number of nitrogens with zero attached hydrogens (tertiary/aromatic N) is 3. The summed E-state index contributed by atoms with van der Waals surface area (Å²) in [6, 6.07) is 14.3. The Morgan fingerprint density at radius 3 is 2.48 bits per heavy atom. The molecular formula is C19H28N4. The highest BCUT2D eigenvalue weighted by atomic mass is 15.3. The average Bonchev–Trinajstić information content (AvgIpc) is 3.09. The van der Waals surface area contributed by atoms with Crippen LogP contribution in [0.25, 0.3) is 0 Å². The molecule has 4 heteroatoms. The molecule has 1 fully saturated rings. The van der Waals surface area contributed by atoms with Gasteiger partial charge in [0.2, 0.25) is 0 Å². The molecule has 1 unspecified atom stereocenters. The Kier molecular flexibility index (Phi) is 5.47. The molecule has 0 radical (unpaired) electrons. The van der Waals surface area contributed by atoms with Gasteiger partial charge in [-0.05, 0) is 51.4 Å². The van der Waals surface area contributed by atoms with Gasteiger partial charge < -0.3 is 10.2 Å². The van der Waals surface area contributed by atoms with E-state index in [0.29, 0.717) is 18.1 Å². The lowest BCUT2D eigenvalue weighted by Crippen LogP contribution is -2.46. The van der Waals surface area contributed by atoms with E-state index in [1.807, 2.05) is 23.1 Å². The first-order valence-electron chi connectivity index (χ1n) is 8.75. The van der Waals surface area contributed by atoms with Crippen molar-refractivity contribution < 1.29 is 0 Å². The quantitative estimate of drug-likeness (QED) is 0.890. The molecule has 1 atom stereocenters. The van der Waals surface area contributed by atoms with Gasteiger partial charge in [-0.2, -0.15) is 5.10 Å². The van der Waals surface area contributed by atoms with E-state index < -0.39 is 0 Å². The van der Waals surface area contributed by atoms with Crippen molar-refractivity contribution in [1.29, 1.82) is 0 Å². The second kappa shape index (κ2) is 7.75. The molecule has 1 aliphatic rings. The number of hydrogen-bond donors (Lipinski definition) is 1. The van der Waals surface area contributed by atoms with E-state index in [9.17, 15) is 0 Å². The summed E-state index contributed by atoms with van der Waals surface area (Å²) in [6.45, 7) is 7.84. The smallest absolute Gasteiger partial charge is 0.0604 e. The summed E-state index contributed by atoms with van der Waals surface area (Å²) in [4.78, 5) is 2.57. The van der Waals surface area contributed by atoms with Crippen molar-refractivity contribution in [2.75, 3.05) is 13.1 Å². The number of nitrogens with one attached hydrogen (secondary N) is 1. The van der Waals surface area contributed by atoms with Crippen LogP contribution in [0.1, 0.15) is 38.3 Å². The molecule has 2 aromatic rings. The van der Waals surface area contributed by atoms with Crippen LogP contribution in [-0.4, -0.2) is 39.9 Å². The molecule has 0 bridgehead atoms. The van der Waals surface area contributed by atoms with Gasteiger partial charge in [-0.3, -0.25) is 4.68 Å². The zero-order valence-electron chi connectivity index (χ0n) is 14.2. The molecule has 0 saturated carbocycles. The molecule has 2 heterocycles. The van der Waals surface area contributed by atoms with Crippen LogP contribution in [0, 0.1) is 0 Å². The number of benzene rings is 1. The fourth-order valence-electron chi connectivity index (χ4n) is 3.40. The van der Waals surface area contributed by atoms with Crippen molar-refractivity contribution in [3.8, 4) is 0 Å². The molecule has 1 aromatic heterocycles. The van der Waals surface area contributed by atoms with Crippen LogP contribution in [0.5, 0.6) is 0 Å². The van der Waals surface area contributed by atoms with Gasteiger partial charge >= 0.3 is 0 Å². The number of piperidine rings is 1. The van der Waals surface area contributed by atoms with Gasteiger partial charge in [-0.15, -0.1) is 0 Å². The Bertz CT molecular complexity index is 556. The lowest BCUT2D eigenvalue weighted by molar-refractivity contribution is 0.154. The largest absolute Gasteiger partial charge is 0.305 e. The maximum Gasteiger partial charge on any atom is 0.0604 e. The molecule has 0 aliphatic carbocycles. The summed E-state index contributed by atoms with van der Waals surface area (Å²) in [6.07, 6.45) is 6.34. The Morgan fingerprint density at radius 1 is 1.13 bits per heavy atom. The van der Waals surface area contributed by atoms with Crippen molar-refractivity contribution in [3.63, 3.8) is 0 Å². The Hall–Kier alpha value is -1.65. The molecule has 1 N–H and O–H groups in total. The third-order valence-electron chi connectivity index (χ3n) is 4.83. The molecule has 124 valence electrons. The van der Waals surface area contributed by atoms with Crippen LogP contribution in [0.3, 0.4) is 0 Å². The van der Waals surface area contributed by atoms with Crippen LogP contribution in [0.4, 0.5) is 0 Å².